The molecule has 0 radical (unpaired) electrons. The van der Waals surface area contributed by atoms with Crippen LogP contribution in [0.5, 0.6) is 0 Å². The van der Waals surface area contributed by atoms with E-state index in [0.29, 0.717) is 0 Å². The first-order valence-corrected chi connectivity index (χ1v) is 5.90. The van der Waals surface area contributed by atoms with E-state index in [0.717, 1.165) is 12.1 Å². The van der Waals surface area contributed by atoms with Gasteiger partial charge in [-0.15, -0.1) is 0 Å². The van der Waals surface area contributed by atoms with Crippen molar-refractivity contribution in [3.63, 3.8) is 0 Å². The second-order valence-corrected chi connectivity index (χ2v) is 4.47. The van der Waals surface area contributed by atoms with E-state index in [1.807, 2.05) is 6.07 Å². The highest BCUT2D eigenvalue weighted by molar-refractivity contribution is 6.44. The molecule has 0 bridgehead atoms. The lowest BCUT2D eigenvalue weighted by atomic mass is 10.1. The van der Waals surface area contributed by atoms with Crippen molar-refractivity contribution < 1.29 is 9.72 Å². The second kappa shape index (κ2) is 6.36. The molecule has 100 valence electrons. The third kappa shape index (κ3) is 3.56. The van der Waals surface area contributed by atoms with Gasteiger partial charge in [-0.25, -0.2) is 0 Å². The average molecular weight is 302 g/mol. The fourth-order valence-electron chi connectivity index (χ4n) is 1.36. The van der Waals surface area contributed by atoms with Crippen LogP contribution in [-0.4, -0.2) is 29.3 Å². The summed E-state index contributed by atoms with van der Waals surface area (Å²) in [6.07, 6.45) is 0.155. The number of nitro benzene ring substituents is 1. The molecule has 6 nitrogen and oxygen atoms in total. The summed E-state index contributed by atoms with van der Waals surface area (Å²) in [6.45, 7) is 0.200. The van der Waals surface area contributed by atoms with Crippen molar-refractivity contribution in [2.75, 3.05) is 13.6 Å². The summed E-state index contributed by atoms with van der Waals surface area (Å²) in [7, 11) is 1.47. The molecule has 0 N–H and O–H groups in total. The summed E-state index contributed by atoms with van der Waals surface area (Å²) in [5.41, 5.74) is -0.368. The van der Waals surface area contributed by atoms with Gasteiger partial charge in [-0.05, 0) is 0 Å². The fraction of sp³-hybridized carbons (Fsp3) is 0.273. The Morgan fingerprint density at radius 1 is 1.53 bits per heavy atom. The zero-order chi connectivity index (χ0) is 14.6. The van der Waals surface area contributed by atoms with E-state index in [9.17, 15) is 14.9 Å². The first kappa shape index (κ1) is 15.2. The van der Waals surface area contributed by atoms with E-state index < -0.39 is 10.8 Å². The summed E-state index contributed by atoms with van der Waals surface area (Å²) in [6, 6.07) is 4.05. The highest BCUT2D eigenvalue weighted by Gasteiger charge is 2.21. The van der Waals surface area contributed by atoms with Crippen LogP contribution >= 0.6 is 23.2 Å². The first-order valence-electron chi connectivity index (χ1n) is 5.14. The molecule has 0 heterocycles. The van der Waals surface area contributed by atoms with Crippen LogP contribution < -0.4 is 0 Å². The Morgan fingerprint density at radius 3 is 2.68 bits per heavy atom. The van der Waals surface area contributed by atoms with E-state index in [-0.39, 0.29) is 34.3 Å². The maximum absolute atomic E-state index is 12.0. The number of hydrogen-bond donors (Lipinski definition) is 0. The Hall–Kier alpha value is -1.84. The molecule has 0 atom stereocenters. The molecule has 1 aromatic rings. The van der Waals surface area contributed by atoms with E-state index in [2.05, 4.69) is 0 Å². The van der Waals surface area contributed by atoms with E-state index in [1.54, 1.807) is 0 Å². The summed E-state index contributed by atoms with van der Waals surface area (Å²) >= 11 is 11.6. The van der Waals surface area contributed by atoms with Gasteiger partial charge >= 0.3 is 0 Å². The summed E-state index contributed by atoms with van der Waals surface area (Å²) in [4.78, 5) is 23.4. The Bertz CT molecular complexity index is 569. The topological polar surface area (TPSA) is 87.2 Å². The summed E-state index contributed by atoms with van der Waals surface area (Å²) in [5, 5.41) is 19.1. The standard InChI is InChI=1S/C11H9Cl2N3O3/c1-15(4-2-3-14)11(17)8-5-7(16(18)19)6-9(12)10(8)13/h5-6H,2,4H2,1H3. The minimum absolute atomic E-state index is 0.0407. The van der Waals surface area contributed by atoms with Crippen LogP contribution in [0.25, 0.3) is 0 Å². The molecule has 1 rings (SSSR count). The van der Waals surface area contributed by atoms with Gasteiger partial charge in [-0.3, -0.25) is 14.9 Å². The maximum atomic E-state index is 12.0. The van der Waals surface area contributed by atoms with Gasteiger partial charge in [0.2, 0.25) is 0 Å². The maximum Gasteiger partial charge on any atom is 0.271 e. The highest BCUT2D eigenvalue weighted by Crippen LogP contribution is 2.31. The van der Waals surface area contributed by atoms with Crippen LogP contribution in [0.4, 0.5) is 5.69 Å². The molecule has 19 heavy (non-hydrogen) atoms. The molecule has 0 aliphatic heterocycles. The Kier molecular flexibility index (Phi) is 5.10. The van der Waals surface area contributed by atoms with Crippen molar-refractivity contribution in [1.29, 1.82) is 5.26 Å². The molecule has 0 aromatic heterocycles. The Balaban J connectivity index is 3.15. The van der Waals surface area contributed by atoms with Crippen LogP contribution in [0.2, 0.25) is 10.0 Å². The molecule has 0 aliphatic rings. The number of hydrogen-bond acceptors (Lipinski definition) is 4. The molecular weight excluding hydrogens is 293 g/mol. The largest absolute Gasteiger partial charge is 0.341 e. The Labute approximate surface area is 119 Å². The predicted molar refractivity (Wildman–Crippen MR) is 70.3 cm³/mol. The van der Waals surface area contributed by atoms with Crippen LogP contribution in [0.1, 0.15) is 16.8 Å². The van der Waals surface area contributed by atoms with Gasteiger partial charge in [0.15, 0.2) is 0 Å². The number of halogens is 2. The van der Waals surface area contributed by atoms with Gasteiger partial charge in [-0.1, -0.05) is 23.2 Å². The highest BCUT2D eigenvalue weighted by atomic mass is 35.5. The van der Waals surface area contributed by atoms with Gasteiger partial charge in [0, 0.05) is 25.7 Å². The molecule has 8 heteroatoms. The number of benzene rings is 1. The molecule has 0 saturated carbocycles. The van der Waals surface area contributed by atoms with Crippen LogP contribution in [0.15, 0.2) is 12.1 Å². The van der Waals surface area contributed by atoms with Crippen LogP contribution in [0, 0.1) is 21.4 Å². The lowest BCUT2D eigenvalue weighted by molar-refractivity contribution is -0.384. The van der Waals surface area contributed by atoms with Crippen molar-refractivity contribution >= 4 is 34.8 Å². The number of nitrogens with zero attached hydrogens (tertiary/aromatic N) is 3. The normalized spacial score (nSPS) is 9.79. The molecule has 0 unspecified atom stereocenters. The van der Waals surface area contributed by atoms with Gasteiger partial charge in [0.25, 0.3) is 11.6 Å². The monoisotopic (exact) mass is 301 g/mol. The van der Waals surface area contributed by atoms with Gasteiger partial charge in [-0.2, -0.15) is 5.26 Å². The van der Waals surface area contributed by atoms with Crippen molar-refractivity contribution in [3.05, 3.63) is 37.9 Å². The predicted octanol–water partition coefficient (Wildman–Crippen LogP) is 2.89. The minimum atomic E-state index is -0.658. The SMILES string of the molecule is CN(CCC#N)C(=O)c1cc([N+](=O)[O-])cc(Cl)c1Cl. The molecule has 0 aliphatic carbocycles. The molecular formula is C11H9Cl2N3O3. The number of carbonyl (C=O) groups excluding carboxylic acids is 1. The minimum Gasteiger partial charge on any atom is -0.341 e. The van der Waals surface area contributed by atoms with Crippen molar-refractivity contribution in [2.24, 2.45) is 0 Å². The lowest BCUT2D eigenvalue weighted by Gasteiger charge is -2.16. The van der Waals surface area contributed by atoms with Gasteiger partial charge < -0.3 is 4.90 Å². The number of non-ortho nitro benzene ring substituents is 1. The first-order chi connectivity index (χ1) is 8.88. The number of carbonyl (C=O) groups is 1. The van der Waals surface area contributed by atoms with Crippen molar-refractivity contribution in [1.82, 2.24) is 4.90 Å². The third-order valence-electron chi connectivity index (χ3n) is 2.36. The Morgan fingerprint density at radius 2 is 2.16 bits per heavy atom. The molecule has 0 fully saturated rings. The molecule has 0 spiro atoms. The van der Waals surface area contributed by atoms with E-state index in [4.69, 9.17) is 28.5 Å². The zero-order valence-electron chi connectivity index (χ0n) is 9.89. The zero-order valence-corrected chi connectivity index (χ0v) is 11.4. The number of rotatable bonds is 4. The second-order valence-electron chi connectivity index (χ2n) is 3.68. The summed E-state index contributed by atoms with van der Waals surface area (Å²) in [5.74, 6) is -0.522. The number of nitro groups is 1. The number of nitriles is 1. The van der Waals surface area contributed by atoms with Gasteiger partial charge in [0.1, 0.15) is 0 Å². The molecule has 1 aromatic carbocycles. The number of amides is 1. The van der Waals surface area contributed by atoms with E-state index >= 15 is 0 Å². The molecule has 1 amide bonds. The van der Waals surface area contributed by atoms with Crippen LogP contribution in [0.3, 0.4) is 0 Å². The quantitative estimate of drug-likeness (QED) is 0.632. The molecule has 0 saturated heterocycles. The fourth-order valence-corrected chi connectivity index (χ4v) is 1.76. The lowest BCUT2D eigenvalue weighted by Crippen LogP contribution is -2.27. The average Bonchev–Trinajstić information content (AvgIpc) is 2.37. The third-order valence-corrected chi connectivity index (χ3v) is 3.16. The van der Waals surface area contributed by atoms with Crippen molar-refractivity contribution in [2.45, 2.75) is 6.42 Å². The van der Waals surface area contributed by atoms with Gasteiger partial charge in [0.05, 0.1) is 33.0 Å². The summed E-state index contributed by atoms with van der Waals surface area (Å²) < 4.78 is 0. The van der Waals surface area contributed by atoms with E-state index in [1.165, 1.54) is 11.9 Å². The van der Waals surface area contributed by atoms with Crippen molar-refractivity contribution in [3.8, 4) is 6.07 Å². The smallest absolute Gasteiger partial charge is 0.271 e. The van der Waals surface area contributed by atoms with Crippen LogP contribution in [-0.2, 0) is 0 Å².